The van der Waals surface area contributed by atoms with Gasteiger partial charge in [-0.05, 0) is 36.5 Å². The lowest BCUT2D eigenvalue weighted by Gasteiger charge is -2.49. The van der Waals surface area contributed by atoms with Crippen molar-refractivity contribution >= 4 is 12.1 Å². The van der Waals surface area contributed by atoms with Gasteiger partial charge in [-0.1, -0.05) is 55.4 Å². The average molecular weight is 384 g/mol. The predicted molar refractivity (Wildman–Crippen MR) is 109 cm³/mol. The van der Waals surface area contributed by atoms with Gasteiger partial charge < -0.3 is 14.4 Å². The van der Waals surface area contributed by atoms with Crippen LogP contribution in [0.4, 0.5) is 4.79 Å². The molecule has 1 amide bonds. The third kappa shape index (κ3) is 6.39. The molecule has 1 fully saturated rings. The molecule has 0 aromatic heterocycles. The number of carbonyl (C=O) groups is 2. The van der Waals surface area contributed by atoms with Gasteiger partial charge in [0, 0.05) is 24.9 Å². The molecule has 0 aromatic rings. The Hall–Kier alpha value is -1.26. The van der Waals surface area contributed by atoms with Crippen LogP contribution in [0, 0.1) is 22.2 Å². The molecule has 0 aliphatic carbocycles. The van der Waals surface area contributed by atoms with E-state index < -0.39 is 0 Å². The number of nitrogens with zero attached hydrogens (tertiary/aromatic N) is 1. The van der Waals surface area contributed by atoms with Gasteiger partial charge in [0.25, 0.3) is 0 Å². The van der Waals surface area contributed by atoms with Crippen LogP contribution in [0.2, 0.25) is 0 Å². The first kappa shape index (κ1) is 23.8. The summed E-state index contributed by atoms with van der Waals surface area (Å²) < 4.78 is 11.1. The average Bonchev–Trinajstić information content (AvgIpc) is 2.50. The van der Waals surface area contributed by atoms with Crippen molar-refractivity contribution in [3.05, 3.63) is 0 Å². The van der Waals surface area contributed by atoms with Gasteiger partial charge in [-0.15, -0.1) is 0 Å². The first-order valence-corrected chi connectivity index (χ1v) is 10.3. The van der Waals surface area contributed by atoms with E-state index in [0.717, 1.165) is 12.8 Å². The van der Waals surface area contributed by atoms with Gasteiger partial charge in [0.2, 0.25) is 0 Å². The van der Waals surface area contributed by atoms with Crippen molar-refractivity contribution in [1.29, 1.82) is 0 Å². The maximum Gasteiger partial charge on any atom is 0.410 e. The molecule has 5 heteroatoms. The molecule has 0 N–H and O–H groups in total. The summed E-state index contributed by atoms with van der Waals surface area (Å²) in [7, 11) is 0. The van der Waals surface area contributed by atoms with Gasteiger partial charge in [0.15, 0.2) is 0 Å². The van der Waals surface area contributed by atoms with E-state index in [9.17, 15) is 9.59 Å². The molecule has 0 radical (unpaired) electrons. The predicted octanol–water partition coefficient (Wildman–Crippen LogP) is 5.28. The first-order valence-electron chi connectivity index (χ1n) is 10.3. The van der Waals surface area contributed by atoms with E-state index in [4.69, 9.17) is 9.47 Å². The lowest BCUT2D eigenvalue weighted by molar-refractivity contribution is -0.144. The fourth-order valence-corrected chi connectivity index (χ4v) is 3.75. The monoisotopic (exact) mass is 383 g/mol. The van der Waals surface area contributed by atoms with E-state index >= 15 is 0 Å². The maximum atomic E-state index is 12.9. The van der Waals surface area contributed by atoms with Crippen LogP contribution in [0.25, 0.3) is 0 Å². The molecule has 0 spiro atoms. The molecule has 0 bridgehead atoms. The van der Waals surface area contributed by atoms with Crippen LogP contribution in [0.3, 0.4) is 0 Å². The molecular weight excluding hydrogens is 342 g/mol. The summed E-state index contributed by atoms with van der Waals surface area (Å²) >= 11 is 0. The van der Waals surface area contributed by atoms with E-state index in [1.807, 2.05) is 6.92 Å². The van der Waals surface area contributed by atoms with E-state index in [2.05, 4.69) is 55.4 Å². The van der Waals surface area contributed by atoms with E-state index in [1.165, 1.54) is 0 Å². The summed E-state index contributed by atoms with van der Waals surface area (Å²) in [5.41, 5.74) is -0.338. The lowest BCUT2D eigenvalue weighted by Crippen LogP contribution is -2.52. The van der Waals surface area contributed by atoms with Crippen LogP contribution in [0.5, 0.6) is 0 Å². The number of hydrogen-bond donors (Lipinski definition) is 0. The quantitative estimate of drug-likeness (QED) is 0.606. The summed E-state index contributed by atoms with van der Waals surface area (Å²) in [6, 6.07) is 0. The largest absolute Gasteiger partial charge is 0.466 e. The zero-order chi connectivity index (χ0) is 21.0. The Morgan fingerprint density at radius 3 is 1.93 bits per heavy atom. The Morgan fingerprint density at radius 1 is 1.00 bits per heavy atom. The standard InChI is InChI=1S/C22H41NO4/c1-10-26-17(24)15-16-11-13-23(14-12-16)19(25)27-18(20(2,3)4)22(8,9)21(5,6)7/h16,18H,10-15H2,1-9H3. The minimum atomic E-state index is -0.234. The van der Waals surface area contributed by atoms with Crippen LogP contribution in [0.1, 0.15) is 81.6 Å². The van der Waals surface area contributed by atoms with Crippen LogP contribution < -0.4 is 0 Å². The number of carbonyl (C=O) groups excluding carboxylic acids is 2. The fraction of sp³-hybridized carbons (Fsp3) is 0.909. The third-order valence-electron chi connectivity index (χ3n) is 6.23. The van der Waals surface area contributed by atoms with Gasteiger partial charge in [0.05, 0.1) is 6.61 Å². The zero-order valence-electron chi connectivity index (χ0n) is 19.0. The number of hydrogen-bond acceptors (Lipinski definition) is 4. The molecule has 1 rings (SSSR count). The van der Waals surface area contributed by atoms with Crippen molar-refractivity contribution in [2.75, 3.05) is 19.7 Å². The zero-order valence-corrected chi connectivity index (χ0v) is 19.0. The van der Waals surface area contributed by atoms with Crippen molar-refractivity contribution in [3.8, 4) is 0 Å². The number of likely N-dealkylation sites (tertiary alicyclic amines) is 1. The highest BCUT2D eigenvalue weighted by Gasteiger charge is 2.48. The molecule has 158 valence electrons. The van der Waals surface area contributed by atoms with Crippen LogP contribution in [-0.4, -0.2) is 42.8 Å². The van der Waals surface area contributed by atoms with Gasteiger partial charge in [0.1, 0.15) is 6.10 Å². The molecule has 1 saturated heterocycles. The van der Waals surface area contributed by atoms with Gasteiger partial charge in [-0.2, -0.15) is 0 Å². The molecule has 0 aromatic carbocycles. The Kier molecular flexibility index (Phi) is 7.78. The van der Waals surface area contributed by atoms with Crippen molar-refractivity contribution in [3.63, 3.8) is 0 Å². The molecule has 1 unspecified atom stereocenters. The summed E-state index contributed by atoms with van der Waals surface area (Å²) in [6.45, 7) is 20.8. The molecule has 1 atom stereocenters. The Bertz CT molecular complexity index is 505. The van der Waals surface area contributed by atoms with Gasteiger partial charge in [-0.3, -0.25) is 4.79 Å². The topological polar surface area (TPSA) is 55.8 Å². The lowest BCUT2D eigenvalue weighted by atomic mass is 9.60. The second-order valence-electron chi connectivity index (χ2n) is 10.5. The summed E-state index contributed by atoms with van der Waals surface area (Å²) in [5.74, 6) is 0.149. The third-order valence-corrected chi connectivity index (χ3v) is 6.23. The van der Waals surface area contributed by atoms with E-state index in [1.54, 1.807) is 4.90 Å². The van der Waals surface area contributed by atoms with Crippen LogP contribution in [0.15, 0.2) is 0 Å². The highest BCUT2D eigenvalue weighted by atomic mass is 16.6. The highest BCUT2D eigenvalue weighted by molar-refractivity contribution is 5.70. The summed E-state index contributed by atoms with van der Waals surface area (Å²) in [4.78, 5) is 26.3. The maximum absolute atomic E-state index is 12.9. The van der Waals surface area contributed by atoms with Crippen molar-refractivity contribution in [2.45, 2.75) is 87.7 Å². The second kappa shape index (κ2) is 8.83. The summed E-state index contributed by atoms with van der Waals surface area (Å²) in [6.07, 6.45) is 1.64. The normalized spacial score (nSPS) is 18.2. The molecule has 0 saturated carbocycles. The number of ether oxygens (including phenoxy) is 2. The molecular formula is C22H41NO4. The number of amides is 1. The van der Waals surface area contributed by atoms with Gasteiger partial charge >= 0.3 is 12.1 Å². The Morgan fingerprint density at radius 2 is 1.52 bits per heavy atom. The van der Waals surface area contributed by atoms with Crippen LogP contribution >= 0.6 is 0 Å². The SMILES string of the molecule is CCOC(=O)CC1CCN(C(=O)OC(C(C)(C)C)C(C)(C)C(C)(C)C)CC1. The number of piperidine rings is 1. The Labute approximate surface area is 166 Å². The fourth-order valence-electron chi connectivity index (χ4n) is 3.75. The molecule has 5 nitrogen and oxygen atoms in total. The highest BCUT2D eigenvalue weighted by Crippen LogP contribution is 2.48. The Balaban J connectivity index is 2.72. The van der Waals surface area contributed by atoms with Crippen molar-refractivity contribution in [2.24, 2.45) is 22.2 Å². The molecule has 1 aliphatic heterocycles. The minimum Gasteiger partial charge on any atom is -0.466 e. The molecule has 1 aliphatic rings. The van der Waals surface area contributed by atoms with E-state index in [-0.39, 0.29) is 40.3 Å². The minimum absolute atomic E-state index is 0.00212. The second-order valence-corrected chi connectivity index (χ2v) is 10.5. The number of rotatable bonds is 5. The van der Waals surface area contributed by atoms with E-state index in [0.29, 0.717) is 26.1 Å². The van der Waals surface area contributed by atoms with Crippen molar-refractivity contribution in [1.82, 2.24) is 4.90 Å². The first-order chi connectivity index (χ1) is 12.2. The molecule has 27 heavy (non-hydrogen) atoms. The number of esters is 1. The molecule has 1 heterocycles. The van der Waals surface area contributed by atoms with Gasteiger partial charge in [-0.25, -0.2) is 4.79 Å². The smallest absolute Gasteiger partial charge is 0.410 e. The van der Waals surface area contributed by atoms with Crippen LogP contribution in [-0.2, 0) is 14.3 Å². The summed E-state index contributed by atoms with van der Waals surface area (Å²) in [5, 5.41) is 0. The van der Waals surface area contributed by atoms with Crippen molar-refractivity contribution < 1.29 is 19.1 Å².